The van der Waals surface area contributed by atoms with Gasteiger partial charge >= 0.3 is 0 Å². The van der Waals surface area contributed by atoms with Crippen LogP contribution in [-0.4, -0.2) is 13.4 Å². The van der Waals surface area contributed by atoms with Crippen LogP contribution in [0.5, 0.6) is 0 Å². The number of nitrogens with zero attached hydrogens (tertiary/aromatic N) is 1. The highest BCUT2D eigenvalue weighted by Crippen LogP contribution is 2.28. The van der Waals surface area contributed by atoms with E-state index < -0.39 is 10.0 Å². The van der Waals surface area contributed by atoms with Gasteiger partial charge in [-0.25, -0.2) is 13.4 Å². The summed E-state index contributed by atoms with van der Waals surface area (Å²) in [6, 6.07) is 10.3. The number of benzene rings is 1. The summed E-state index contributed by atoms with van der Waals surface area (Å²) in [4.78, 5) is 3.90. The minimum Gasteiger partial charge on any atom is -0.279 e. The van der Waals surface area contributed by atoms with Gasteiger partial charge in [0, 0.05) is 6.20 Å². The van der Waals surface area contributed by atoms with Crippen molar-refractivity contribution in [2.75, 3.05) is 4.72 Å². The Morgan fingerprint density at radius 3 is 2.57 bits per heavy atom. The van der Waals surface area contributed by atoms with Crippen molar-refractivity contribution in [2.45, 2.75) is 31.1 Å². The number of halogens is 1. The van der Waals surface area contributed by atoms with Crippen LogP contribution in [0.1, 0.15) is 31.7 Å². The van der Waals surface area contributed by atoms with Gasteiger partial charge in [-0.2, -0.15) is 0 Å². The first-order valence-electron chi connectivity index (χ1n) is 6.67. The van der Waals surface area contributed by atoms with Gasteiger partial charge in [0.15, 0.2) is 0 Å². The Morgan fingerprint density at radius 1 is 1.24 bits per heavy atom. The van der Waals surface area contributed by atoms with Crippen LogP contribution in [0.2, 0.25) is 5.15 Å². The summed E-state index contributed by atoms with van der Waals surface area (Å²) in [5.41, 5.74) is 1.58. The number of hydrogen-bond donors (Lipinski definition) is 1. The van der Waals surface area contributed by atoms with Crippen LogP contribution < -0.4 is 4.72 Å². The van der Waals surface area contributed by atoms with E-state index in [2.05, 4.69) is 23.6 Å². The van der Waals surface area contributed by atoms with E-state index in [9.17, 15) is 8.42 Å². The molecule has 112 valence electrons. The number of anilines is 1. The number of nitrogens with one attached hydrogen (secondary N) is 1. The molecule has 1 aromatic carbocycles. The largest absolute Gasteiger partial charge is 0.279 e. The molecule has 2 rings (SSSR count). The van der Waals surface area contributed by atoms with E-state index in [0.29, 0.717) is 5.69 Å². The molecule has 1 N–H and O–H groups in total. The second kappa shape index (κ2) is 6.45. The van der Waals surface area contributed by atoms with Crippen LogP contribution in [0.4, 0.5) is 5.69 Å². The summed E-state index contributed by atoms with van der Waals surface area (Å²) in [5, 5.41) is 0.258. The molecule has 0 fully saturated rings. The lowest BCUT2D eigenvalue weighted by atomic mass is 9.97. The lowest BCUT2D eigenvalue weighted by Crippen LogP contribution is -2.15. The summed E-state index contributed by atoms with van der Waals surface area (Å²) < 4.78 is 27.4. The first-order chi connectivity index (χ1) is 9.94. The van der Waals surface area contributed by atoms with Crippen molar-refractivity contribution in [3.63, 3.8) is 0 Å². The van der Waals surface area contributed by atoms with E-state index in [-0.39, 0.29) is 16.0 Å². The molecule has 21 heavy (non-hydrogen) atoms. The van der Waals surface area contributed by atoms with E-state index in [1.54, 1.807) is 6.07 Å². The number of rotatable bonds is 5. The summed E-state index contributed by atoms with van der Waals surface area (Å²) in [6.45, 7) is 4.13. The van der Waals surface area contributed by atoms with Crippen LogP contribution >= 0.6 is 11.6 Å². The Labute approximate surface area is 130 Å². The number of para-hydroxylation sites is 1. The van der Waals surface area contributed by atoms with Crippen molar-refractivity contribution >= 4 is 27.3 Å². The third kappa shape index (κ3) is 3.74. The second-order valence-corrected chi connectivity index (χ2v) is 6.89. The molecule has 0 aliphatic carbocycles. The fraction of sp³-hybridized carbons (Fsp3) is 0.267. The Hall–Kier alpha value is -1.59. The molecular formula is C15H17ClN2O2S. The van der Waals surface area contributed by atoms with E-state index >= 15 is 0 Å². The molecule has 2 aromatic rings. The minimum absolute atomic E-state index is 0.0888. The lowest BCUT2D eigenvalue weighted by Gasteiger charge is -2.16. The van der Waals surface area contributed by atoms with Crippen molar-refractivity contribution in [1.82, 2.24) is 4.98 Å². The molecule has 0 radical (unpaired) electrons. The van der Waals surface area contributed by atoms with Gasteiger partial charge in [0.05, 0.1) is 5.69 Å². The van der Waals surface area contributed by atoms with Gasteiger partial charge in [0.2, 0.25) is 0 Å². The number of aromatic nitrogens is 1. The van der Waals surface area contributed by atoms with Crippen molar-refractivity contribution in [3.05, 3.63) is 53.3 Å². The summed E-state index contributed by atoms with van der Waals surface area (Å²) in [6.07, 6.45) is 2.18. The average molecular weight is 325 g/mol. The van der Waals surface area contributed by atoms with Crippen LogP contribution in [0.3, 0.4) is 0 Å². The Kier molecular flexibility index (Phi) is 4.85. The van der Waals surface area contributed by atoms with Gasteiger partial charge < -0.3 is 0 Å². The first-order valence-corrected chi connectivity index (χ1v) is 8.53. The molecule has 0 amide bonds. The van der Waals surface area contributed by atoms with Gasteiger partial charge in [-0.3, -0.25) is 4.72 Å². The molecule has 1 heterocycles. The predicted octanol–water partition coefficient (Wildman–Crippen LogP) is 4.05. The van der Waals surface area contributed by atoms with Crippen molar-refractivity contribution in [1.29, 1.82) is 0 Å². The maximum Gasteiger partial charge on any atom is 0.263 e. The number of hydrogen-bond acceptors (Lipinski definition) is 3. The van der Waals surface area contributed by atoms with Crippen LogP contribution in [0.15, 0.2) is 47.5 Å². The monoisotopic (exact) mass is 324 g/mol. The topological polar surface area (TPSA) is 59.1 Å². The Morgan fingerprint density at radius 2 is 1.95 bits per heavy atom. The molecule has 1 aromatic heterocycles. The number of pyridine rings is 1. The highest BCUT2D eigenvalue weighted by Gasteiger charge is 2.17. The van der Waals surface area contributed by atoms with E-state index in [0.717, 1.165) is 12.0 Å². The zero-order valence-corrected chi connectivity index (χ0v) is 13.4. The SMILES string of the molecule is CC[C@@H](C)c1ccccc1NS(=O)(=O)c1ccc(Cl)nc1. The molecule has 0 unspecified atom stereocenters. The maximum absolute atomic E-state index is 12.4. The molecule has 4 nitrogen and oxygen atoms in total. The van der Waals surface area contributed by atoms with Gasteiger partial charge in [-0.05, 0) is 36.1 Å². The molecule has 6 heteroatoms. The second-order valence-electron chi connectivity index (χ2n) is 4.82. The zero-order chi connectivity index (χ0) is 15.5. The Balaban J connectivity index is 2.35. The summed E-state index contributed by atoms with van der Waals surface area (Å²) in [7, 11) is -3.67. The molecule has 0 saturated carbocycles. The first kappa shape index (κ1) is 15.8. The van der Waals surface area contributed by atoms with E-state index in [1.807, 2.05) is 18.2 Å². The molecule has 1 atom stereocenters. The molecule has 0 aliphatic rings. The molecule has 0 aliphatic heterocycles. The fourth-order valence-electron chi connectivity index (χ4n) is 1.96. The standard InChI is InChI=1S/C15H17ClN2O2S/c1-3-11(2)13-6-4-5-7-14(13)18-21(19,20)12-8-9-15(16)17-10-12/h4-11,18H,3H2,1-2H3/t11-/m1/s1. The highest BCUT2D eigenvalue weighted by atomic mass is 35.5. The maximum atomic E-state index is 12.4. The van der Waals surface area contributed by atoms with E-state index in [4.69, 9.17) is 11.6 Å². The zero-order valence-electron chi connectivity index (χ0n) is 11.9. The summed E-state index contributed by atoms with van der Waals surface area (Å²) >= 11 is 5.68. The molecule has 0 saturated heterocycles. The summed E-state index contributed by atoms with van der Waals surface area (Å²) in [5.74, 6) is 0.271. The molecule has 0 spiro atoms. The van der Waals surface area contributed by atoms with Crippen molar-refractivity contribution in [3.8, 4) is 0 Å². The highest BCUT2D eigenvalue weighted by molar-refractivity contribution is 7.92. The van der Waals surface area contributed by atoms with E-state index in [1.165, 1.54) is 18.3 Å². The quantitative estimate of drug-likeness (QED) is 0.844. The molecule has 0 bridgehead atoms. The smallest absolute Gasteiger partial charge is 0.263 e. The minimum atomic E-state index is -3.67. The molecular weight excluding hydrogens is 308 g/mol. The number of sulfonamides is 1. The average Bonchev–Trinajstić information content (AvgIpc) is 2.47. The van der Waals surface area contributed by atoms with Crippen LogP contribution in [0.25, 0.3) is 0 Å². The van der Waals surface area contributed by atoms with Gasteiger partial charge in [-0.1, -0.05) is 43.6 Å². The van der Waals surface area contributed by atoms with Gasteiger partial charge in [0.25, 0.3) is 10.0 Å². The third-order valence-corrected chi connectivity index (χ3v) is 4.93. The normalized spacial score (nSPS) is 12.9. The third-order valence-electron chi connectivity index (χ3n) is 3.36. The predicted molar refractivity (Wildman–Crippen MR) is 85.2 cm³/mol. The van der Waals surface area contributed by atoms with Crippen molar-refractivity contribution in [2.24, 2.45) is 0 Å². The van der Waals surface area contributed by atoms with Crippen molar-refractivity contribution < 1.29 is 8.42 Å². The Bertz CT molecular complexity index is 715. The van der Waals surface area contributed by atoms with Gasteiger partial charge in [0.1, 0.15) is 10.0 Å². The van der Waals surface area contributed by atoms with Crippen LogP contribution in [-0.2, 0) is 10.0 Å². The van der Waals surface area contributed by atoms with Gasteiger partial charge in [-0.15, -0.1) is 0 Å². The lowest BCUT2D eigenvalue weighted by molar-refractivity contribution is 0.600. The van der Waals surface area contributed by atoms with Crippen LogP contribution in [0, 0.1) is 0 Å². The fourth-order valence-corrected chi connectivity index (χ4v) is 3.11.